The molecule has 0 aliphatic rings. The molecule has 0 aromatic rings. The van der Waals surface area contributed by atoms with Crippen LogP contribution in [0.15, 0.2) is 0 Å². The van der Waals surface area contributed by atoms with Gasteiger partial charge in [0.05, 0.1) is 0 Å². The second-order valence-corrected chi connectivity index (χ2v) is 1.13. The summed E-state index contributed by atoms with van der Waals surface area (Å²) in [6, 6.07) is 0. The molecule has 0 bridgehead atoms. The van der Waals surface area contributed by atoms with E-state index in [0.717, 1.165) is 0 Å². The molecule has 0 rings (SSSR count). The maximum atomic E-state index is 10.9. The average molecular weight is 149 g/mol. The van der Waals surface area contributed by atoms with Gasteiger partial charge in [0.15, 0.2) is 0 Å². The van der Waals surface area contributed by atoms with Crippen molar-refractivity contribution in [2.24, 2.45) is 0 Å². The summed E-state index contributed by atoms with van der Waals surface area (Å²) in [6.45, 7) is -4.61. The zero-order chi connectivity index (χ0) is 7.49. The van der Waals surface area contributed by atoms with Crippen LogP contribution in [-0.4, -0.2) is 12.8 Å². The summed E-state index contributed by atoms with van der Waals surface area (Å²) in [6.07, 6.45) is -4.69. The Labute approximate surface area is 47.4 Å². The third-order valence-corrected chi connectivity index (χ3v) is 0.345. The van der Waals surface area contributed by atoms with Gasteiger partial charge in [0.25, 0.3) is 0 Å². The Morgan fingerprint density at radius 1 is 1.22 bits per heavy atom. The van der Waals surface area contributed by atoms with E-state index in [1.807, 2.05) is 0 Å². The van der Waals surface area contributed by atoms with E-state index in [-0.39, 0.29) is 0 Å². The molecule has 0 aromatic heterocycles. The number of ether oxygens (including phenoxy) is 1. The van der Waals surface area contributed by atoms with Crippen LogP contribution in [0.5, 0.6) is 0 Å². The number of rotatable bonds is 2. The van der Waals surface area contributed by atoms with Crippen molar-refractivity contribution in [3.8, 4) is 0 Å². The molecule has 0 heterocycles. The van der Waals surface area contributed by atoms with Gasteiger partial charge in [-0.05, 0) is 0 Å². The maximum Gasteiger partial charge on any atom is 0.448 e. The average Bonchev–Trinajstić information content (AvgIpc) is 1.59. The lowest BCUT2D eigenvalue weighted by atomic mass is 10.7. The smallest absolute Gasteiger partial charge is 0.304 e. The Bertz CT molecular complexity index is 76.8. The van der Waals surface area contributed by atoms with Gasteiger partial charge in [-0.1, -0.05) is 0 Å². The van der Waals surface area contributed by atoms with Crippen molar-refractivity contribution < 1.29 is 26.7 Å². The Balaban J connectivity index is 3.28. The minimum atomic E-state index is -4.69. The normalized spacial score (nSPS) is 12.7. The predicted molar refractivity (Wildman–Crippen MR) is 17.5 cm³/mol. The number of hydrogen-bond acceptors (Lipinski definition) is 1. The molecular formula is C3H2F5O. The third kappa shape index (κ3) is 7.61. The third-order valence-electron chi connectivity index (χ3n) is 0.345. The fourth-order valence-electron chi connectivity index (χ4n) is 0.136. The Morgan fingerprint density at radius 2 is 1.67 bits per heavy atom. The van der Waals surface area contributed by atoms with Crippen LogP contribution >= 0.6 is 0 Å². The molecule has 0 spiro atoms. The lowest BCUT2D eigenvalue weighted by molar-refractivity contribution is -0.192. The summed E-state index contributed by atoms with van der Waals surface area (Å²) in [5.74, 6) is 0. The summed E-state index contributed by atoms with van der Waals surface area (Å²) in [7, 11) is 0. The summed E-state index contributed by atoms with van der Waals surface area (Å²) >= 11 is 0. The Kier molecular flexibility index (Phi) is 2.83. The molecule has 6 heteroatoms. The van der Waals surface area contributed by atoms with Gasteiger partial charge in [0.2, 0.25) is 0 Å². The van der Waals surface area contributed by atoms with E-state index in [1.165, 1.54) is 0 Å². The molecule has 0 unspecified atom stereocenters. The molecule has 0 fully saturated rings. The van der Waals surface area contributed by atoms with E-state index in [4.69, 9.17) is 0 Å². The fourth-order valence-corrected chi connectivity index (χ4v) is 0.136. The molecule has 55 valence electrons. The van der Waals surface area contributed by atoms with Crippen molar-refractivity contribution in [1.82, 2.24) is 0 Å². The van der Waals surface area contributed by atoms with Crippen LogP contribution in [0.1, 0.15) is 0 Å². The van der Waals surface area contributed by atoms with Gasteiger partial charge in [-0.2, -0.15) is 22.0 Å². The summed E-state index contributed by atoms with van der Waals surface area (Å²) in [5.41, 5.74) is 0. The molecule has 0 aromatic carbocycles. The van der Waals surface area contributed by atoms with E-state index >= 15 is 0 Å². The standard InChI is InChI=1S/C3H2F5O/c4-2(5)9-1-3(6,7)8/h1H2. The molecule has 0 amide bonds. The molecule has 0 saturated heterocycles. The maximum absolute atomic E-state index is 10.9. The minimum absolute atomic E-state index is 1.94. The number of alkyl halides is 3. The molecule has 0 N–H and O–H groups in total. The summed E-state index contributed by atoms with van der Waals surface area (Å²) < 4.78 is 57.2. The van der Waals surface area contributed by atoms with Crippen molar-refractivity contribution in [1.29, 1.82) is 0 Å². The zero-order valence-electron chi connectivity index (χ0n) is 4.01. The van der Waals surface area contributed by atoms with Gasteiger partial charge in [-0.3, -0.25) is 0 Å². The van der Waals surface area contributed by atoms with Crippen LogP contribution in [0.4, 0.5) is 22.0 Å². The van der Waals surface area contributed by atoms with Crippen LogP contribution in [0.3, 0.4) is 0 Å². The lowest BCUT2D eigenvalue weighted by Gasteiger charge is -2.03. The number of hydrogen-bond donors (Lipinski definition) is 0. The molecule has 1 radical (unpaired) electrons. The zero-order valence-corrected chi connectivity index (χ0v) is 4.01. The van der Waals surface area contributed by atoms with Crippen molar-refractivity contribution in [2.75, 3.05) is 6.61 Å². The van der Waals surface area contributed by atoms with E-state index in [1.54, 1.807) is 0 Å². The van der Waals surface area contributed by atoms with E-state index in [9.17, 15) is 22.0 Å². The van der Waals surface area contributed by atoms with Gasteiger partial charge < -0.3 is 4.74 Å². The molecule has 0 aliphatic carbocycles. The molecular weight excluding hydrogens is 147 g/mol. The topological polar surface area (TPSA) is 9.23 Å². The van der Waals surface area contributed by atoms with Crippen molar-refractivity contribution >= 4 is 0 Å². The largest absolute Gasteiger partial charge is 0.448 e. The Morgan fingerprint density at radius 3 is 1.78 bits per heavy atom. The van der Waals surface area contributed by atoms with Crippen LogP contribution in [0, 0.1) is 6.61 Å². The van der Waals surface area contributed by atoms with Gasteiger partial charge in [-0.25, -0.2) is 0 Å². The van der Waals surface area contributed by atoms with E-state index in [0.29, 0.717) is 0 Å². The molecule has 0 aliphatic heterocycles. The van der Waals surface area contributed by atoms with Gasteiger partial charge in [-0.15, -0.1) is 0 Å². The second kappa shape index (κ2) is 2.95. The first-order chi connectivity index (χ1) is 3.92. The first-order valence-corrected chi connectivity index (χ1v) is 1.79. The first-order valence-electron chi connectivity index (χ1n) is 1.79. The van der Waals surface area contributed by atoms with Crippen LogP contribution < -0.4 is 0 Å². The second-order valence-electron chi connectivity index (χ2n) is 1.13. The van der Waals surface area contributed by atoms with E-state index in [2.05, 4.69) is 4.74 Å². The monoisotopic (exact) mass is 149 g/mol. The quantitative estimate of drug-likeness (QED) is 0.545. The van der Waals surface area contributed by atoms with Crippen molar-refractivity contribution in [3.05, 3.63) is 6.61 Å². The molecule has 1 nitrogen and oxygen atoms in total. The van der Waals surface area contributed by atoms with Crippen LogP contribution in [-0.2, 0) is 4.74 Å². The summed E-state index contributed by atoms with van der Waals surface area (Å²) in [5, 5.41) is 0. The molecule has 0 saturated carbocycles. The van der Waals surface area contributed by atoms with Crippen LogP contribution in [0.2, 0.25) is 0 Å². The highest BCUT2D eigenvalue weighted by molar-refractivity contribution is 4.48. The van der Waals surface area contributed by atoms with Gasteiger partial charge in [0.1, 0.15) is 6.61 Å². The lowest BCUT2D eigenvalue weighted by Crippen LogP contribution is -2.16. The van der Waals surface area contributed by atoms with E-state index < -0.39 is 19.4 Å². The summed E-state index contributed by atoms with van der Waals surface area (Å²) in [4.78, 5) is 0. The first kappa shape index (κ1) is 8.61. The fraction of sp³-hybridized carbons (Fsp3) is 0.667. The van der Waals surface area contributed by atoms with Crippen LogP contribution in [0.25, 0.3) is 0 Å². The Hall–Kier alpha value is -0.390. The van der Waals surface area contributed by atoms with Crippen molar-refractivity contribution in [2.45, 2.75) is 6.18 Å². The number of halogens is 5. The van der Waals surface area contributed by atoms with Crippen molar-refractivity contribution in [3.63, 3.8) is 0 Å². The van der Waals surface area contributed by atoms with Gasteiger partial charge in [0, 0.05) is 0 Å². The molecule has 9 heavy (non-hydrogen) atoms. The SMILES string of the molecule is F[C](F)OCC(F)(F)F. The molecule has 0 atom stereocenters. The highest BCUT2D eigenvalue weighted by Gasteiger charge is 2.29. The van der Waals surface area contributed by atoms with Gasteiger partial charge >= 0.3 is 12.8 Å². The minimum Gasteiger partial charge on any atom is -0.304 e. The highest BCUT2D eigenvalue weighted by atomic mass is 19.4. The highest BCUT2D eigenvalue weighted by Crippen LogP contribution is 2.17. The predicted octanol–water partition coefficient (Wildman–Crippen LogP) is 1.95.